The van der Waals surface area contributed by atoms with Crippen LogP contribution >= 0.6 is 0 Å². The lowest BCUT2D eigenvalue weighted by molar-refractivity contribution is -0.129. The smallest absolute Gasteiger partial charge is 0.356 e. The van der Waals surface area contributed by atoms with Gasteiger partial charge in [-0.3, -0.25) is 4.98 Å². The van der Waals surface area contributed by atoms with Crippen LogP contribution < -0.4 is 0 Å². The maximum atomic E-state index is 11.4. The lowest BCUT2D eigenvalue weighted by Crippen LogP contribution is -2.28. The van der Waals surface area contributed by atoms with E-state index in [1.807, 2.05) is 38.1 Å². The third-order valence-corrected chi connectivity index (χ3v) is 3.43. The number of carbonyl (C=O) groups is 1. The summed E-state index contributed by atoms with van der Waals surface area (Å²) in [6.07, 6.45) is 10.9. The monoisotopic (exact) mass is 349 g/mol. The Bertz CT molecular complexity index is 855. The van der Waals surface area contributed by atoms with Crippen LogP contribution in [0.5, 0.6) is 0 Å². The second kappa shape index (κ2) is 9.08. The highest BCUT2D eigenvalue weighted by atomic mass is 16.4. The Morgan fingerprint density at radius 1 is 1.35 bits per heavy atom. The van der Waals surface area contributed by atoms with E-state index in [1.165, 1.54) is 12.3 Å². The van der Waals surface area contributed by atoms with Crippen LogP contribution in [-0.2, 0) is 4.79 Å². The second-order valence-corrected chi connectivity index (χ2v) is 5.07. The molecule has 0 aromatic carbocycles. The van der Waals surface area contributed by atoms with Gasteiger partial charge in [0.05, 0.1) is 17.8 Å². The zero-order chi connectivity index (χ0) is 18.9. The largest absolute Gasteiger partial charge is 0.476 e. The molecule has 1 aromatic heterocycles. The summed E-state index contributed by atoms with van der Waals surface area (Å²) in [7, 11) is 0. The number of aliphatic carboxylic acids is 1. The number of nitriles is 1. The van der Waals surface area contributed by atoms with Gasteiger partial charge in [-0.2, -0.15) is 10.4 Å². The molecule has 0 unspecified atom stereocenters. The van der Waals surface area contributed by atoms with Crippen molar-refractivity contribution in [3.8, 4) is 6.07 Å². The predicted molar refractivity (Wildman–Crippen MR) is 100 cm³/mol. The van der Waals surface area contributed by atoms with Crippen molar-refractivity contribution in [3.63, 3.8) is 0 Å². The third kappa shape index (κ3) is 4.51. The molecule has 132 valence electrons. The van der Waals surface area contributed by atoms with Gasteiger partial charge < -0.3 is 5.11 Å². The molecule has 0 radical (unpaired) electrons. The number of aliphatic imine (C=N–C) groups is 1. The molecule has 0 saturated carbocycles. The molecule has 0 bridgehead atoms. The molecule has 2 aliphatic heterocycles. The number of pyridine rings is 1. The summed E-state index contributed by atoms with van der Waals surface area (Å²) in [6.45, 7) is 4.35. The Labute approximate surface area is 152 Å². The van der Waals surface area contributed by atoms with Crippen LogP contribution in [0.2, 0.25) is 0 Å². The summed E-state index contributed by atoms with van der Waals surface area (Å²) >= 11 is 0. The highest BCUT2D eigenvalue weighted by molar-refractivity contribution is 6.41. The van der Waals surface area contributed by atoms with E-state index in [2.05, 4.69) is 15.1 Å². The van der Waals surface area contributed by atoms with E-state index in [0.29, 0.717) is 35.6 Å². The molecule has 1 N–H and O–H groups in total. The van der Waals surface area contributed by atoms with Crippen molar-refractivity contribution >= 4 is 23.5 Å². The number of carboxylic acid groups (broad SMARTS) is 1. The third-order valence-electron chi connectivity index (χ3n) is 3.43. The van der Waals surface area contributed by atoms with Crippen molar-refractivity contribution in [1.82, 2.24) is 9.99 Å². The molecule has 7 heteroatoms. The van der Waals surface area contributed by atoms with Gasteiger partial charge in [0.15, 0.2) is 5.71 Å². The standard InChI is InChI=1S/C17H13N5O2.C2H6/c18-9-12-5-6-14(20-10-12)13-8-15(17(23)24)21-22(11-13)16-4-2-1-3-7-19-16;1-2/h1,3-8,10H,2,11H2,(H,23,24);1-2H3. The topological polar surface area (TPSA) is 102 Å². The van der Waals surface area contributed by atoms with Gasteiger partial charge in [-0.25, -0.2) is 14.8 Å². The maximum absolute atomic E-state index is 11.4. The van der Waals surface area contributed by atoms with Crippen LogP contribution in [0.3, 0.4) is 0 Å². The minimum Gasteiger partial charge on any atom is -0.476 e. The van der Waals surface area contributed by atoms with Crippen LogP contribution in [0.25, 0.3) is 5.57 Å². The van der Waals surface area contributed by atoms with Gasteiger partial charge in [-0.15, -0.1) is 0 Å². The Hall–Kier alpha value is -3.53. The van der Waals surface area contributed by atoms with Crippen molar-refractivity contribution in [2.75, 3.05) is 6.54 Å². The fourth-order valence-corrected chi connectivity index (χ4v) is 2.26. The summed E-state index contributed by atoms with van der Waals surface area (Å²) in [6, 6.07) is 5.35. The maximum Gasteiger partial charge on any atom is 0.356 e. The first kappa shape index (κ1) is 18.8. The van der Waals surface area contributed by atoms with Gasteiger partial charge in [0.2, 0.25) is 0 Å². The van der Waals surface area contributed by atoms with Crippen molar-refractivity contribution in [2.24, 2.45) is 10.1 Å². The number of hydrazone groups is 1. The molecule has 0 saturated heterocycles. The Balaban J connectivity index is 0.00000117. The molecule has 3 heterocycles. The average molecular weight is 349 g/mol. The molecule has 0 amide bonds. The number of nitrogens with zero attached hydrogens (tertiary/aromatic N) is 5. The SMILES string of the molecule is CC.N#Cc1ccc(C2=CC(C(=O)O)=NN(C3=CCC=CC=N3)C2)nc1. The fourth-order valence-electron chi connectivity index (χ4n) is 2.26. The minimum absolute atomic E-state index is 0.0873. The van der Waals surface area contributed by atoms with E-state index < -0.39 is 5.97 Å². The molecular weight excluding hydrogens is 330 g/mol. The van der Waals surface area contributed by atoms with Gasteiger partial charge in [0.25, 0.3) is 0 Å². The van der Waals surface area contributed by atoms with Crippen LogP contribution in [0, 0.1) is 11.3 Å². The normalized spacial score (nSPS) is 15.6. The zero-order valence-electron chi connectivity index (χ0n) is 14.6. The average Bonchev–Trinajstić information content (AvgIpc) is 2.99. The predicted octanol–water partition coefficient (Wildman–Crippen LogP) is 2.99. The van der Waals surface area contributed by atoms with Crippen molar-refractivity contribution in [1.29, 1.82) is 5.26 Å². The number of hydrogen-bond donors (Lipinski definition) is 1. The fraction of sp³-hybridized carbons (Fsp3) is 0.211. The van der Waals surface area contributed by atoms with E-state index in [1.54, 1.807) is 23.4 Å². The van der Waals surface area contributed by atoms with E-state index in [0.717, 1.165) is 0 Å². The summed E-state index contributed by atoms with van der Waals surface area (Å²) in [5, 5.41) is 23.9. The van der Waals surface area contributed by atoms with Crippen molar-refractivity contribution < 1.29 is 9.90 Å². The first-order chi connectivity index (χ1) is 12.7. The molecule has 3 rings (SSSR count). The Kier molecular flexibility index (Phi) is 6.57. The lowest BCUT2D eigenvalue weighted by Gasteiger charge is -2.24. The Morgan fingerprint density at radius 3 is 2.81 bits per heavy atom. The Morgan fingerprint density at radius 2 is 2.15 bits per heavy atom. The number of carboxylic acids is 1. The highest BCUT2D eigenvalue weighted by Crippen LogP contribution is 2.23. The molecular formula is C19H19N5O2. The van der Waals surface area contributed by atoms with Crippen LogP contribution in [-0.4, -0.2) is 39.5 Å². The first-order valence-electron chi connectivity index (χ1n) is 8.23. The summed E-state index contributed by atoms with van der Waals surface area (Å²) in [5.74, 6) is -0.542. The van der Waals surface area contributed by atoms with Gasteiger partial charge in [-0.1, -0.05) is 19.9 Å². The molecule has 0 aliphatic carbocycles. The van der Waals surface area contributed by atoms with E-state index in [4.69, 9.17) is 5.26 Å². The van der Waals surface area contributed by atoms with Crippen LogP contribution in [0.4, 0.5) is 0 Å². The van der Waals surface area contributed by atoms with Gasteiger partial charge in [0.1, 0.15) is 11.9 Å². The second-order valence-electron chi connectivity index (χ2n) is 5.07. The van der Waals surface area contributed by atoms with Gasteiger partial charge >= 0.3 is 5.97 Å². The first-order valence-corrected chi connectivity index (χ1v) is 8.23. The number of allylic oxidation sites excluding steroid dienone is 3. The molecule has 1 aromatic rings. The number of aromatic nitrogens is 1. The molecule has 0 fully saturated rings. The van der Waals surface area contributed by atoms with Crippen molar-refractivity contribution in [3.05, 3.63) is 59.7 Å². The molecule has 2 aliphatic rings. The van der Waals surface area contributed by atoms with E-state index in [9.17, 15) is 9.90 Å². The molecule has 7 nitrogen and oxygen atoms in total. The van der Waals surface area contributed by atoms with Gasteiger partial charge in [0, 0.05) is 18.0 Å². The molecule has 26 heavy (non-hydrogen) atoms. The highest BCUT2D eigenvalue weighted by Gasteiger charge is 2.22. The van der Waals surface area contributed by atoms with E-state index >= 15 is 0 Å². The molecule has 0 atom stereocenters. The minimum atomic E-state index is -1.12. The van der Waals surface area contributed by atoms with Gasteiger partial charge in [-0.05, 0) is 36.8 Å². The van der Waals surface area contributed by atoms with E-state index in [-0.39, 0.29) is 5.71 Å². The quantitative estimate of drug-likeness (QED) is 0.904. The summed E-state index contributed by atoms with van der Waals surface area (Å²) in [5.41, 5.74) is 1.65. The molecule has 0 spiro atoms. The van der Waals surface area contributed by atoms with Crippen LogP contribution in [0.1, 0.15) is 31.5 Å². The number of hydrogen-bond acceptors (Lipinski definition) is 6. The summed E-state index contributed by atoms with van der Waals surface area (Å²) < 4.78 is 0. The zero-order valence-corrected chi connectivity index (χ0v) is 14.6. The lowest BCUT2D eigenvalue weighted by atomic mass is 10.1. The van der Waals surface area contributed by atoms with Crippen molar-refractivity contribution in [2.45, 2.75) is 20.3 Å². The number of rotatable bonds is 3. The summed E-state index contributed by atoms with van der Waals surface area (Å²) in [4.78, 5) is 19.9. The van der Waals surface area contributed by atoms with Crippen LogP contribution in [0.15, 0.2) is 58.5 Å².